The monoisotopic (exact) mass is 454 g/mol. The molecule has 8 heteroatoms. The quantitative estimate of drug-likeness (QED) is 0.551. The number of piperazine rings is 1. The number of ether oxygens (including phenoxy) is 2. The van der Waals surface area contributed by atoms with Crippen LogP contribution in [-0.2, 0) is 11.3 Å². The number of amides is 1. The smallest absolute Gasteiger partial charge is 0.263 e. The van der Waals surface area contributed by atoms with Crippen LogP contribution in [0.1, 0.15) is 16.7 Å². The maximum absolute atomic E-state index is 12.5. The summed E-state index contributed by atoms with van der Waals surface area (Å²) >= 11 is 0. The molecule has 2 aliphatic rings. The summed E-state index contributed by atoms with van der Waals surface area (Å²) in [5.74, 6) is 0.995. The first-order chi connectivity index (χ1) is 15.0. The first-order valence-corrected chi connectivity index (χ1v) is 10.4. The summed E-state index contributed by atoms with van der Waals surface area (Å²) < 4.78 is 10.7. The second kappa shape index (κ2) is 10.3. The molecule has 1 amide bonds. The Bertz CT molecular complexity index is 1060. The molecule has 1 N–H and O–H groups in total. The number of carbonyl (C=O) groups excluding carboxylic acids is 1. The summed E-state index contributed by atoms with van der Waals surface area (Å²) in [5, 5.41) is 12.3. The zero-order valence-corrected chi connectivity index (χ0v) is 19.1. The van der Waals surface area contributed by atoms with Crippen LogP contribution in [0.15, 0.2) is 48.2 Å². The predicted molar refractivity (Wildman–Crippen MR) is 125 cm³/mol. The normalized spacial score (nSPS) is 15.1. The maximum Gasteiger partial charge on any atom is 0.263 e. The molecule has 0 unspecified atom stereocenters. The lowest BCUT2D eigenvalue weighted by molar-refractivity contribution is -0.117. The Morgan fingerprint density at radius 3 is 2.62 bits per heavy atom. The van der Waals surface area contributed by atoms with E-state index in [1.165, 1.54) is 16.8 Å². The van der Waals surface area contributed by atoms with Crippen molar-refractivity contribution in [2.75, 3.05) is 37.9 Å². The lowest BCUT2D eigenvalue weighted by atomic mass is 10.1. The summed E-state index contributed by atoms with van der Waals surface area (Å²) in [6.07, 6.45) is 1.68. The summed E-state index contributed by atoms with van der Waals surface area (Å²) in [7, 11) is 0. The molecular formula is C24H27ClN4O3. The highest BCUT2D eigenvalue weighted by Gasteiger charge is 2.19. The second-order valence-electron chi connectivity index (χ2n) is 7.77. The van der Waals surface area contributed by atoms with Gasteiger partial charge in [-0.1, -0.05) is 18.2 Å². The lowest BCUT2D eigenvalue weighted by Crippen LogP contribution is -2.44. The topological polar surface area (TPSA) is 77.8 Å². The molecule has 2 heterocycles. The molecule has 0 spiro atoms. The molecule has 2 aliphatic heterocycles. The number of halogens is 1. The van der Waals surface area contributed by atoms with E-state index in [1.807, 2.05) is 29.2 Å². The third-order valence-electron chi connectivity index (χ3n) is 5.80. The minimum absolute atomic E-state index is 0. The Kier molecular flexibility index (Phi) is 7.49. The number of rotatable bonds is 5. The van der Waals surface area contributed by atoms with Gasteiger partial charge in [-0.25, -0.2) is 0 Å². The zero-order valence-electron chi connectivity index (χ0n) is 18.3. The number of anilines is 1. The van der Waals surface area contributed by atoms with Crippen molar-refractivity contribution in [2.24, 2.45) is 0 Å². The summed E-state index contributed by atoms with van der Waals surface area (Å²) in [6.45, 7) is 8.01. The highest BCUT2D eigenvalue weighted by molar-refractivity contribution is 5.97. The molecule has 2 aromatic rings. The fourth-order valence-corrected chi connectivity index (χ4v) is 3.82. The molecule has 32 heavy (non-hydrogen) atoms. The van der Waals surface area contributed by atoms with Gasteiger partial charge < -0.3 is 24.6 Å². The molecule has 7 nitrogen and oxygen atoms in total. The van der Waals surface area contributed by atoms with Gasteiger partial charge in [-0.2, -0.15) is 5.26 Å². The van der Waals surface area contributed by atoms with Crippen molar-refractivity contribution in [3.63, 3.8) is 0 Å². The molecule has 0 saturated carbocycles. The van der Waals surface area contributed by atoms with Crippen LogP contribution in [0.25, 0.3) is 0 Å². The van der Waals surface area contributed by atoms with E-state index >= 15 is 0 Å². The number of nitrogens with one attached hydrogen (secondary N) is 1. The van der Waals surface area contributed by atoms with E-state index in [-0.39, 0.29) is 30.7 Å². The van der Waals surface area contributed by atoms with Crippen LogP contribution >= 0.6 is 12.4 Å². The van der Waals surface area contributed by atoms with E-state index in [0.717, 1.165) is 31.7 Å². The van der Waals surface area contributed by atoms with Gasteiger partial charge in [0.1, 0.15) is 11.6 Å². The van der Waals surface area contributed by atoms with E-state index in [0.29, 0.717) is 18.0 Å². The molecular weight excluding hydrogens is 428 g/mol. The van der Waals surface area contributed by atoms with Gasteiger partial charge in [0, 0.05) is 44.6 Å². The van der Waals surface area contributed by atoms with Crippen molar-refractivity contribution < 1.29 is 14.3 Å². The number of hydrogen-bond donors (Lipinski definition) is 1. The predicted octanol–water partition coefficient (Wildman–Crippen LogP) is 3.30. The van der Waals surface area contributed by atoms with Crippen LogP contribution in [0.3, 0.4) is 0 Å². The Labute approximate surface area is 194 Å². The third-order valence-corrected chi connectivity index (χ3v) is 5.80. The number of hydrogen-bond acceptors (Lipinski definition) is 6. The van der Waals surface area contributed by atoms with Crippen molar-refractivity contribution in [3.05, 3.63) is 64.9 Å². The molecule has 168 valence electrons. The average Bonchev–Trinajstić information content (AvgIpc) is 3.26. The number of aryl methyl sites for hydroxylation is 1. The third kappa shape index (κ3) is 5.09. The van der Waals surface area contributed by atoms with Crippen molar-refractivity contribution in [3.8, 4) is 17.6 Å². The number of nitrogens with zero attached hydrogens (tertiary/aromatic N) is 3. The van der Waals surface area contributed by atoms with Gasteiger partial charge in [-0.15, -0.1) is 12.4 Å². The first-order valence-electron chi connectivity index (χ1n) is 10.4. The Balaban J connectivity index is 0.00000289. The fraction of sp³-hybridized carbons (Fsp3) is 0.333. The van der Waals surface area contributed by atoms with Crippen LogP contribution in [-0.4, -0.2) is 43.8 Å². The molecule has 0 aromatic heterocycles. The van der Waals surface area contributed by atoms with Gasteiger partial charge >= 0.3 is 0 Å². The zero-order chi connectivity index (χ0) is 21.8. The SMILES string of the molecule is Cc1cccc(N2CCN(/C=C(/C#N)C(=O)NCc3ccc4c(c3)OCO4)CC2)c1C.Cl. The average molecular weight is 455 g/mol. The van der Waals surface area contributed by atoms with Crippen molar-refractivity contribution in [2.45, 2.75) is 20.4 Å². The van der Waals surface area contributed by atoms with E-state index < -0.39 is 0 Å². The standard InChI is InChI=1S/C24H26N4O3.ClH/c1-17-4-3-5-21(18(17)2)28-10-8-27(9-11-28)15-20(13-25)24(29)26-14-19-6-7-22-23(12-19)31-16-30-22;/h3-7,12,15H,8-11,14,16H2,1-2H3,(H,26,29);1H/b20-15-;. The van der Waals surface area contributed by atoms with E-state index in [2.05, 4.69) is 42.3 Å². The maximum atomic E-state index is 12.5. The number of carbonyl (C=O) groups is 1. The van der Waals surface area contributed by atoms with Crippen molar-refractivity contribution in [1.29, 1.82) is 5.26 Å². The minimum Gasteiger partial charge on any atom is -0.454 e. The molecule has 0 aliphatic carbocycles. The van der Waals surface area contributed by atoms with Crippen LogP contribution in [0.5, 0.6) is 11.5 Å². The molecule has 1 saturated heterocycles. The number of nitriles is 1. The van der Waals surface area contributed by atoms with Crippen molar-refractivity contribution >= 4 is 24.0 Å². The highest BCUT2D eigenvalue weighted by atomic mass is 35.5. The molecule has 4 rings (SSSR count). The Morgan fingerprint density at radius 2 is 1.88 bits per heavy atom. The highest BCUT2D eigenvalue weighted by Crippen LogP contribution is 2.32. The molecule has 0 radical (unpaired) electrons. The molecule has 2 aromatic carbocycles. The van der Waals surface area contributed by atoms with Gasteiger partial charge in [0.2, 0.25) is 6.79 Å². The fourth-order valence-electron chi connectivity index (χ4n) is 3.82. The van der Waals surface area contributed by atoms with Crippen LogP contribution < -0.4 is 19.7 Å². The van der Waals surface area contributed by atoms with Gasteiger partial charge in [0.05, 0.1) is 0 Å². The van der Waals surface area contributed by atoms with Gasteiger partial charge in [0.15, 0.2) is 11.5 Å². The first kappa shape index (κ1) is 23.3. The second-order valence-corrected chi connectivity index (χ2v) is 7.77. The van der Waals surface area contributed by atoms with E-state index in [9.17, 15) is 10.1 Å². The Hall–Kier alpha value is -3.37. The van der Waals surface area contributed by atoms with Gasteiger partial charge in [-0.05, 0) is 48.7 Å². The summed E-state index contributed by atoms with van der Waals surface area (Å²) in [4.78, 5) is 16.9. The largest absolute Gasteiger partial charge is 0.454 e. The summed E-state index contributed by atoms with van der Waals surface area (Å²) in [5.41, 5.74) is 4.83. The van der Waals surface area contributed by atoms with Crippen LogP contribution in [0, 0.1) is 25.2 Å². The molecule has 0 bridgehead atoms. The number of benzene rings is 2. The van der Waals surface area contributed by atoms with Crippen molar-refractivity contribution in [1.82, 2.24) is 10.2 Å². The Morgan fingerprint density at radius 1 is 1.12 bits per heavy atom. The summed E-state index contributed by atoms with van der Waals surface area (Å²) in [6, 6.07) is 13.9. The van der Waals surface area contributed by atoms with Crippen LogP contribution in [0.2, 0.25) is 0 Å². The van der Waals surface area contributed by atoms with E-state index in [4.69, 9.17) is 9.47 Å². The lowest BCUT2D eigenvalue weighted by Gasteiger charge is -2.36. The molecule has 0 atom stereocenters. The van der Waals surface area contributed by atoms with Gasteiger partial charge in [0.25, 0.3) is 5.91 Å². The van der Waals surface area contributed by atoms with Gasteiger partial charge in [-0.3, -0.25) is 4.79 Å². The minimum atomic E-state index is -0.378. The van der Waals surface area contributed by atoms with E-state index in [1.54, 1.807) is 6.20 Å². The van der Waals surface area contributed by atoms with Crippen LogP contribution in [0.4, 0.5) is 5.69 Å². The molecule has 1 fully saturated rings. The number of fused-ring (bicyclic) bond motifs is 1.